The maximum atomic E-state index is 13.9. The zero-order valence-corrected chi connectivity index (χ0v) is 27.5. The standard InChI is InChI=1S/C36H39N3O10/c1-5-18-9-11-19(12-10-18)35(45)39-38-17(3)36(46)14-21-27(24(15-36)49-25-13-22(37)30(40)16(2)48-25)34(44)29-28(32(21)42)31(41)20-7-6-8-23(47-4)26(20)33(29)43/h6-12,16,22,24-25,30,40,42,44,46H,5,13-15,37H2,1-4H3,(H,39,45)/b38-17+/t16-,22-,24-,25-,30+,36-/m0/s1. The molecule has 49 heavy (non-hydrogen) atoms. The lowest BCUT2D eigenvalue weighted by atomic mass is 9.71. The van der Waals surface area contributed by atoms with Gasteiger partial charge in [-0.3, -0.25) is 14.4 Å². The number of phenols is 2. The zero-order chi connectivity index (χ0) is 35.4. The molecule has 0 spiro atoms. The smallest absolute Gasteiger partial charge is 0.271 e. The number of hydrogen-bond donors (Lipinski definition) is 6. The van der Waals surface area contributed by atoms with Crippen LogP contribution in [0.2, 0.25) is 0 Å². The van der Waals surface area contributed by atoms with Gasteiger partial charge in [-0.15, -0.1) is 0 Å². The van der Waals surface area contributed by atoms with Gasteiger partial charge in [0.25, 0.3) is 5.91 Å². The monoisotopic (exact) mass is 673 g/mol. The average molecular weight is 674 g/mol. The predicted octanol–water partition coefficient (Wildman–Crippen LogP) is 2.81. The summed E-state index contributed by atoms with van der Waals surface area (Å²) in [6, 6.07) is 10.7. The third-order valence-corrected chi connectivity index (χ3v) is 9.77. The van der Waals surface area contributed by atoms with Gasteiger partial charge in [0.15, 0.2) is 12.1 Å². The van der Waals surface area contributed by atoms with Crippen molar-refractivity contribution in [3.05, 3.63) is 87.0 Å². The first-order valence-corrected chi connectivity index (χ1v) is 16.1. The van der Waals surface area contributed by atoms with Crippen LogP contribution in [-0.4, -0.2) is 80.9 Å². The van der Waals surface area contributed by atoms with Crippen molar-refractivity contribution in [1.82, 2.24) is 5.43 Å². The molecule has 13 nitrogen and oxygen atoms in total. The fraction of sp³-hybridized carbons (Fsp3) is 0.389. The van der Waals surface area contributed by atoms with E-state index in [9.17, 15) is 34.8 Å². The molecule has 1 aliphatic heterocycles. The van der Waals surface area contributed by atoms with Crippen molar-refractivity contribution >= 4 is 23.2 Å². The van der Waals surface area contributed by atoms with Crippen LogP contribution in [0.15, 0.2) is 47.6 Å². The van der Waals surface area contributed by atoms with Crippen LogP contribution in [0, 0.1) is 0 Å². The Bertz CT molecular complexity index is 1860. The number of nitrogens with zero attached hydrogens (tertiary/aromatic N) is 1. The Morgan fingerprint density at radius 2 is 1.78 bits per heavy atom. The van der Waals surface area contributed by atoms with E-state index in [0.717, 1.165) is 12.0 Å². The SMILES string of the molecule is CCc1ccc(C(=O)N/N=C(\C)[C@]2(O)Cc3c(O)c4c(c(O)c3[C@@H](O[C@H]3C[C@H](N)[C@H](O)[C@H](C)O3)C2)C(=O)c2c(OC)cccc2C4=O)cc1. The first-order valence-electron chi connectivity index (χ1n) is 16.1. The second-order valence-electron chi connectivity index (χ2n) is 12.8. The Kier molecular flexibility index (Phi) is 9.07. The number of nitrogens with two attached hydrogens (primary N) is 1. The number of aryl methyl sites for hydroxylation is 1. The van der Waals surface area contributed by atoms with Crippen LogP contribution in [0.1, 0.15) is 98.6 Å². The number of aliphatic hydroxyl groups is 2. The normalized spacial score (nSPS) is 26.4. The number of carbonyl (C=O) groups excluding carboxylic acids is 3. The fourth-order valence-electron chi connectivity index (χ4n) is 6.86. The summed E-state index contributed by atoms with van der Waals surface area (Å²) in [4.78, 5) is 40.7. The van der Waals surface area contributed by atoms with Crippen molar-refractivity contribution in [3.63, 3.8) is 0 Å². The molecule has 0 unspecified atom stereocenters. The van der Waals surface area contributed by atoms with E-state index in [0.29, 0.717) is 5.56 Å². The highest BCUT2D eigenvalue weighted by atomic mass is 16.7. The molecule has 6 atom stereocenters. The van der Waals surface area contributed by atoms with E-state index < -0.39 is 76.3 Å². The van der Waals surface area contributed by atoms with Crippen molar-refractivity contribution in [2.75, 3.05) is 7.11 Å². The quantitative estimate of drug-likeness (QED) is 0.0954. The van der Waals surface area contributed by atoms with Crippen LogP contribution in [0.5, 0.6) is 17.2 Å². The molecular weight excluding hydrogens is 634 g/mol. The minimum absolute atomic E-state index is 0.0186. The van der Waals surface area contributed by atoms with Gasteiger partial charge in [-0.05, 0) is 44.0 Å². The highest BCUT2D eigenvalue weighted by Gasteiger charge is 2.49. The Labute approximate surface area is 282 Å². The molecule has 1 fully saturated rings. The molecule has 3 aromatic carbocycles. The molecule has 2 aliphatic carbocycles. The Morgan fingerprint density at radius 1 is 1.08 bits per heavy atom. The van der Waals surface area contributed by atoms with Gasteiger partial charge >= 0.3 is 0 Å². The highest BCUT2D eigenvalue weighted by molar-refractivity contribution is 6.31. The molecule has 0 saturated carbocycles. The Hall–Kier alpha value is -4.66. The van der Waals surface area contributed by atoms with Gasteiger partial charge in [-0.1, -0.05) is 31.2 Å². The number of aromatic hydroxyl groups is 2. The molecule has 1 saturated heterocycles. The van der Waals surface area contributed by atoms with E-state index >= 15 is 0 Å². The third kappa shape index (κ3) is 5.87. The predicted molar refractivity (Wildman–Crippen MR) is 176 cm³/mol. The summed E-state index contributed by atoms with van der Waals surface area (Å²) in [6.07, 6.45) is -3.71. The number of hydrogen-bond acceptors (Lipinski definition) is 12. The molecule has 6 rings (SSSR count). The van der Waals surface area contributed by atoms with E-state index in [1.807, 2.05) is 19.1 Å². The van der Waals surface area contributed by atoms with Gasteiger partial charge in [0, 0.05) is 47.6 Å². The van der Waals surface area contributed by atoms with Gasteiger partial charge < -0.3 is 40.4 Å². The van der Waals surface area contributed by atoms with Crippen LogP contribution in [0.25, 0.3) is 0 Å². The number of benzene rings is 3. The van der Waals surface area contributed by atoms with E-state index in [2.05, 4.69) is 10.5 Å². The number of rotatable bonds is 7. The van der Waals surface area contributed by atoms with Crippen LogP contribution in [0.3, 0.4) is 0 Å². The van der Waals surface area contributed by atoms with E-state index in [4.69, 9.17) is 19.9 Å². The molecule has 13 heteroatoms. The highest BCUT2D eigenvalue weighted by Crippen LogP contribution is 2.52. The molecule has 258 valence electrons. The Balaban J connectivity index is 1.43. The van der Waals surface area contributed by atoms with Crippen LogP contribution >= 0.6 is 0 Å². The average Bonchev–Trinajstić information content (AvgIpc) is 3.09. The minimum atomic E-state index is -1.89. The third-order valence-electron chi connectivity index (χ3n) is 9.77. The number of methoxy groups -OCH3 is 1. The summed E-state index contributed by atoms with van der Waals surface area (Å²) in [6.45, 7) is 5.11. The number of carbonyl (C=O) groups is 3. The van der Waals surface area contributed by atoms with Crippen molar-refractivity contribution in [2.24, 2.45) is 10.8 Å². The van der Waals surface area contributed by atoms with Gasteiger partial charge in [-0.25, -0.2) is 5.43 Å². The van der Waals surface area contributed by atoms with Crippen molar-refractivity contribution in [3.8, 4) is 17.2 Å². The largest absolute Gasteiger partial charge is 0.507 e. The van der Waals surface area contributed by atoms with Crippen LogP contribution in [0.4, 0.5) is 0 Å². The number of phenolic OH excluding ortho intramolecular Hbond substituents is 2. The first kappa shape index (κ1) is 34.2. The zero-order valence-electron chi connectivity index (χ0n) is 27.5. The van der Waals surface area contributed by atoms with Crippen LogP contribution in [-0.2, 0) is 22.3 Å². The summed E-state index contributed by atoms with van der Waals surface area (Å²) in [7, 11) is 1.35. The molecule has 3 aromatic rings. The summed E-state index contributed by atoms with van der Waals surface area (Å²) < 4.78 is 17.5. The van der Waals surface area contributed by atoms with Gasteiger partial charge in [0.05, 0.1) is 47.8 Å². The fourth-order valence-corrected chi connectivity index (χ4v) is 6.86. The van der Waals surface area contributed by atoms with Gasteiger partial charge in [0.2, 0.25) is 5.78 Å². The summed E-state index contributed by atoms with van der Waals surface area (Å²) in [5.74, 6) is -3.07. The lowest BCUT2D eigenvalue weighted by Gasteiger charge is -2.42. The number of aliphatic hydroxyl groups excluding tert-OH is 1. The summed E-state index contributed by atoms with van der Waals surface area (Å²) >= 11 is 0. The second-order valence-corrected chi connectivity index (χ2v) is 12.8. The van der Waals surface area contributed by atoms with Crippen molar-refractivity contribution < 1.29 is 49.0 Å². The van der Waals surface area contributed by atoms with E-state index in [-0.39, 0.29) is 53.0 Å². The van der Waals surface area contributed by atoms with E-state index in [1.165, 1.54) is 32.2 Å². The lowest BCUT2D eigenvalue weighted by molar-refractivity contribution is -0.245. The number of nitrogens with one attached hydrogen (secondary N) is 1. The molecule has 7 N–H and O–H groups in total. The topological polar surface area (TPSA) is 210 Å². The molecular formula is C36H39N3O10. The van der Waals surface area contributed by atoms with Crippen LogP contribution < -0.4 is 15.9 Å². The number of amides is 1. The van der Waals surface area contributed by atoms with Crippen molar-refractivity contribution in [2.45, 2.75) is 82.7 Å². The Morgan fingerprint density at radius 3 is 2.43 bits per heavy atom. The molecule has 0 aromatic heterocycles. The van der Waals surface area contributed by atoms with E-state index in [1.54, 1.807) is 19.1 Å². The molecule has 1 heterocycles. The molecule has 1 amide bonds. The molecule has 0 bridgehead atoms. The lowest BCUT2D eigenvalue weighted by Crippen LogP contribution is -2.52. The molecule has 3 aliphatic rings. The number of fused-ring (bicyclic) bond motifs is 3. The second kappa shape index (κ2) is 13.0. The minimum Gasteiger partial charge on any atom is -0.507 e. The summed E-state index contributed by atoms with van der Waals surface area (Å²) in [5, 5.41) is 50.2. The number of hydrazone groups is 1. The first-order chi connectivity index (χ1) is 23.3. The number of ketones is 2. The molecule has 0 radical (unpaired) electrons. The maximum absolute atomic E-state index is 13.9. The van der Waals surface area contributed by atoms with Gasteiger partial charge in [-0.2, -0.15) is 5.10 Å². The number of ether oxygens (including phenoxy) is 3. The van der Waals surface area contributed by atoms with Gasteiger partial charge in [0.1, 0.15) is 22.8 Å². The summed E-state index contributed by atoms with van der Waals surface area (Å²) in [5.41, 5.74) is 7.17. The van der Waals surface area contributed by atoms with Crippen molar-refractivity contribution in [1.29, 1.82) is 0 Å². The maximum Gasteiger partial charge on any atom is 0.271 e.